The van der Waals surface area contributed by atoms with Crippen LogP contribution in [0.1, 0.15) is 43.7 Å². The molecule has 0 saturated carbocycles. The molecule has 3 aromatic carbocycles. The minimum Gasteiger partial charge on any atom is -0.378 e. The number of benzene rings is 3. The molecule has 0 atom stereocenters. The molecule has 3 rings (SSSR count). The van der Waals surface area contributed by atoms with Gasteiger partial charge in [0.1, 0.15) is 6.29 Å². The molecule has 0 unspecified atom stereocenters. The number of aryl methyl sites for hydroxylation is 6. The van der Waals surface area contributed by atoms with E-state index in [2.05, 4.69) is 77.9 Å². The number of aldehydes is 1. The zero-order valence-electron chi connectivity index (χ0n) is 19.6. The summed E-state index contributed by atoms with van der Waals surface area (Å²) in [6.45, 7) is 13.1. The number of hydrogen-bond acceptors (Lipinski definition) is 2. The average Bonchev–Trinajstić information content (AvgIpc) is 2.64. The van der Waals surface area contributed by atoms with Crippen molar-refractivity contribution in [3.05, 3.63) is 81.4 Å². The molecule has 2 nitrogen and oxygen atoms in total. The number of carbonyl (C=O) groups excluding carboxylic acids is 1. The van der Waals surface area contributed by atoms with Crippen LogP contribution < -0.4 is 21.3 Å². The molecule has 0 bridgehead atoms. The van der Waals surface area contributed by atoms with Gasteiger partial charge < -0.3 is 4.90 Å². The Morgan fingerprint density at radius 3 is 1.50 bits per heavy atom. The third kappa shape index (κ3) is 4.07. The Labute approximate surface area is 182 Å². The Morgan fingerprint density at radius 2 is 1.13 bits per heavy atom. The lowest BCUT2D eigenvalue weighted by atomic mass is 9.33. The predicted octanol–water partition coefficient (Wildman–Crippen LogP) is 3.93. The van der Waals surface area contributed by atoms with E-state index in [0.717, 1.165) is 23.0 Å². The SMILES string of the molecule is Cc1cc(C)c(B(c2ccc(N(C)C)cc2C=O)c2c(C)cc(C)cc2C)c(C)c1. The van der Waals surface area contributed by atoms with Crippen LogP contribution >= 0.6 is 0 Å². The van der Waals surface area contributed by atoms with Crippen molar-refractivity contribution in [2.45, 2.75) is 41.5 Å². The lowest BCUT2D eigenvalue weighted by Gasteiger charge is -2.26. The fraction of sp³-hybridized carbons (Fsp3) is 0.296. The van der Waals surface area contributed by atoms with Crippen LogP contribution in [0.15, 0.2) is 42.5 Å². The largest absolute Gasteiger partial charge is 0.378 e. The molecule has 0 fully saturated rings. The summed E-state index contributed by atoms with van der Waals surface area (Å²) in [4.78, 5) is 14.2. The molecule has 3 heteroatoms. The Balaban J connectivity index is 2.40. The lowest BCUT2D eigenvalue weighted by molar-refractivity contribution is 0.112. The minimum absolute atomic E-state index is 0.0163. The maximum Gasteiger partial charge on any atom is 0.243 e. The molecule has 154 valence electrons. The van der Waals surface area contributed by atoms with E-state index in [-0.39, 0.29) is 6.71 Å². The van der Waals surface area contributed by atoms with Crippen molar-refractivity contribution < 1.29 is 4.79 Å². The number of anilines is 1. The van der Waals surface area contributed by atoms with Gasteiger partial charge in [0.05, 0.1) is 0 Å². The molecule has 0 aliphatic carbocycles. The van der Waals surface area contributed by atoms with Gasteiger partial charge in [-0.05, 0) is 53.7 Å². The highest BCUT2D eigenvalue weighted by molar-refractivity contribution is 6.97. The van der Waals surface area contributed by atoms with Gasteiger partial charge in [-0.2, -0.15) is 0 Å². The Kier molecular flexibility index (Phi) is 6.21. The maximum atomic E-state index is 12.2. The summed E-state index contributed by atoms with van der Waals surface area (Å²) in [6, 6.07) is 15.3. The smallest absolute Gasteiger partial charge is 0.243 e. The molecule has 0 aliphatic heterocycles. The number of nitrogens with zero attached hydrogens (tertiary/aromatic N) is 1. The van der Waals surface area contributed by atoms with Crippen LogP contribution in [0.2, 0.25) is 0 Å². The third-order valence-electron chi connectivity index (χ3n) is 6.08. The molecule has 30 heavy (non-hydrogen) atoms. The summed E-state index contributed by atoms with van der Waals surface area (Å²) in [7, 11) is 4.01. The second-order valence-electron chi connectivity index (χ2n) is 8.88. The van der Waals surface area contributed by atoms with Gasteiger partial charge >= 0.3 is 0 Å². The second-order valence-corrected chi connectivity index (χ2v) is 8.88. The van der Waals surface area contributed by atoms with E-state index in [1.807, 2.05) is 25.1 Å². The van der Waals surface area contributed by atoms with Crippen molar-refractivity contribution >= 4 is 35.1 Å². The third-order valence-corrected chi connectivity index (χ3v) is 6.08. The first-order valence-corrected chi connectivity index (χ1v) is 10.6. The van der Waals surface area contributed by atoms with Crippen LogP contribution in [0, 0.1) is 41.5 Å². The van der Waals surface area contributed by atoms with E-state index in [9.17, 15) is 4.79 Å². The van der Waals surface area contributed by atoms with Gasteiger partial charge in [0, 0.05) is 25.3 Å². The van der Waals surface area contributed by atoms with E-state index < -0.39 is 0 Å². The predicted molar refractivity (Wildman–Crippen MR) is 132 cm³/mol. The lowest BCUT2D eigenvalue weighted by Crippen LogP contribution is -2.56. The molecular formula is C27H32BNO. The van der Waals surface area contributed by atoms with Gasteiger partial charge in [-0.25, -0.2) is 0 Å². The highest BCUT2D eigenvalue weighted by Crippen LogP contribution is 2.16. The minimum atomic E-state index is 0.0163. The van der Waals surface area contributed by atoms with Crippen LogP contribution in [-0.2, 0) is 0 Å². The Morgan fingerprint density at radius 1 is 0.700 bits per heavy atom. The van der Waals surface area contributed by atoms with E-state index in [4.69, 9.17) is 0 Å². The zero-order chi connectivity index (χ0) is 22.2. The molecule has 0 spiro atoms. The summed E-state index contributed by atoms with van der Waals surface area (Å²) in [5, 5.41) is 0. The van der Waals surface area contributed by atoms with E-state index in [1.54, 1.807) is 0 Å². The van der Waals surface area contributed by atoms with Crippen molar-refractivity contribution in [1.29, 1.82) is 0 Å². The standard InChI is InChI=1S/C27H32BNO/c1-17-11-19(3)26(20(4)12-17)28(27-21(5)13-18(2)14-22(27)6)25-10-9-24(29(7)8)15-23(25)16-30/h9-16H,1-8H3. The summed E-state index contributed by atoms with van der Waals surface area (Å²) in [6.07, 6.45) is 1.01. The highest BCUT2D eigenvalue weighted by atomic mass is 16.1. The van der Waals surface area contributed by atoms with Gasteiger partial charge in [0.15, 0.2) is 0 Å². The highest BCUT2D eigenvalue weighted by Gasteiger charge is 2.30. The van der Waals surface area contributed by atoms with E-state index in [1.165, 1.54) is 44.3 Å². The van der Waals surface area contributed by atoms with E-state index >= 15 is 0 Å². The van der Waals surface area contributed by atoms with Crippen LogP contribution in [0.5, 0.6) is 0 Å². The second kappa shape index (κ2) is 8.51. The normalized spacial score (nSPS) is 10.8. The molecule has 0 radical (unpaired) electrons. The van der Waals surface area contributed by atoms with E-state index in [0.29, 0.717) is 0 Å². The molecule has 0 aliphatic rings. The molecule has 0 amide bonds. The maximum absolute atomic E-state index is 12.2. The van der Waals surface area contributed by atoms with Crippen molar-refractivity contribution in [3.63, 3.8) is 0 Å². The number of rotatable bonds is 5. The van der Waals surface area contributed by atoms with Crippen molar-refractivity contribution in [3.8, 4) is 0 Å². The molecule has 0 heterocycles. The summed E-state index contributed by atoms with van der Waals surface area (Å²) in [5.74, 6) is 0. The molecule has 3 aromatic rings. The topological polar surface area (TPSA) is 20.3 Å². The summed E-state index contributed by atoms with van der Waals surface area (Å²) in [5.41, 5.74) is 13.1. The zero-order valence-corrected chi connectivity index (χ0v) is 19.6. The van der Waals surface area contributed by atoms with Gasteiger partial charge in [0.2, 0.25) is 6.71 Å². The molecular weight excluding hydrogens is 365 g/mol. The molecule has 0 aromatic heterocycles. The van der Waals surface area contributed by atoms with Crippen LogP contribution in [0.3, 0.4) is 0 Å². The fourth-order valence-electron chi connectivity index (χ4n) is 4.95. The van der Waals surface area contributed by atoms with Crippen LogP contribution in [-0.4, -0.2) is 27.1 Å². The van der Waals surface area contributed by atoms with Crippen LogP contribution in [0.25, 0.3) is 0 Å². The number of hydrogen-bond donors (Lipinski definition) is 0. The van der Waals surface area contributed by atoms with Gasteiger partial charge in [-0.15, -0.1) is 0 Å². The Hall–Kier alpha value is -2.81. The summed E-state index contributed by atoms with van der Waals surface area (Å²) < 4.78 is 0. The number of carbonyl (C=O) groups is 1. The van der Waals surface area contributed by atoms with Crippen LogP contribution in [0.4, 0.5) is 5.69 Å². The van der Waals surface area contributed by atoms with Gasteiger partial charge in [-0.1, -0.05) is 80.1 Å². The van der Waals surface area contributed by atoms with Gasteiger partial charge in [-0.3, -0.25) is 4.79 Å². The van der Waals surface area contributed by atoms with Crippen molar-refractivity contribution in [2.24, 2.45) is 0 Å². The van der Waals surface area contributed by atoms with Gasteiger partial charge in [0.25, 0.3) is 0 Å². The monoisotopic (exact) mass is 397 g/mol. The average molecular weight is 397 g/mol. The summed E-state index contributed by atoms with van der Waals surface area (Å²) >= 11 is 0. The quantitative estimate of drug-likeness (QED) is 0.480. The first kappa shape index (κ1) is 21.9. The Bertz CT molecular complexity index is 1010. The van der Waals surface area contributed by atoms with Crippen molar-refractivity contribution in [2.75, 3.05) is 19.0 Å². The first-order valence-electron chi connectivity index (χ1n) is 10.6. The first-order chi connectivity index (χ1) is 14.1. The fourth-order valence-corrected chi connectivity index (χ4v) is 4.95. The van der Waals surface area contributed by atoms with Crippen molar-refractivity contribution in [1.82, 2.24) is 0 Å². The molecule has 0 saturated heterocycles. The molecule has 0 N–H and O–H groups in total.